The lowest BCUT2D eigenvalue weighted by atomic mass is 9.94. The zero-order valence-electron chi connectivity index (χ0n) is 20.9. The Bertz CT molecular complexity index is 1390. The summed E-state index contributed by atoms with van der Waals surface area (Å²) >= 11 is 0. The van der Waals surface area contributed by atoms with Crippen LogP contribution in [0.2, 0.25) is 0 Å². The van der Waals surface area contributed by atoms with Crippen LogP contribution in [0.5, 0.6) is 5.75 Å². The second-order valence-electron chi connectivity index (χ2n) is 9.62. The fourth-order valence-electron chi connectivity index (χ4n) is 5.09. The molecule has 1 heterocycles. The number of nitrogens with zero attached hydrogens (tertiary/aromatic N) is 4. The highest BCUT2D eigenvalue weighted by atomic mass is 16.3. The van der Waals surface area contributed by atoms with Crippen LogP contribution in [0, 0.1) is 6.92 Å². The molecule has 8 nitrogen and oxygen atoms in total. The number of fused-ring (bicyclic) bond motifs is 1. The summed E-state index contributed by atoms with van der Waals surface area (Å²) in [4.78, 5) is 29.6. The lowest BCUT2D eigenvalue weighted by Gasteiger charge is -2.34. The van der Waals surface area contributed by atoms with Gasteiger partial charge in [0, 0.05) is 11.7 Å². The van der Waals surface area contributed by atoms with Gasteiger partial charge in [-0.2, -0.15) is 0 Å². The Morgan fingerprint density at radius 1 is 1.00 bits per heavy atom. The molecule has 1 saturated carbocycles. The van der Waals surface area contributed by atoms with Gasteiger partial charge < -0.3 is 10.4 Å². The second kappa shape index (κ2) is 10.8. The zero-order valence-corrected chi connectivity index (χ0v) is 20.9. The van der Waals surface area contributed by atoms with Crippen LogP contribution in [0.15, 0.2) is 72.8 Å². The predicted octanol–water partition coefficient (Wildman–Crippen LogP) is 4.67. The Balaban J connectivity index is 1.57. The SMILES string of the molecule is Cc1ccccc1N(C(=O)Cn1nnc2ccccc21)[C@H](C(=O)NC1CCCCC1)c1ccc(O)cc1. The fourth-order valence-corrected chi connectivity index (χ4v) is 5.09. The van der Waals surface area contributed by atoms with Crippen LogP contribution in [0.1, 0.15) is 49.3 Å². The molecule has 0 saturated heterocycles. The predicted molar refractivity (Wildman–Crippen MR) is 142 cm³/mol. The van der Waals surface area contributed by atoms with E-state index in [4.69, 9.17) is 0 Å². The molecule has 1 atom stereocenters. The molecule has 3 aromatic carbocycles. The number of rotatable bonds is 7. The number of nitrogens with one attached hydrogen (secondary N) is 1. The molecule has 1 fully saturated rings. The van der Waals surface area contributed by atoms with Gasteiger partial charge in [0.15, 0.2) is 0 Å². The van der Waals surface area contributed by atoms with Crippen molar-refractivity contribution in [2.45, 2.75) is 57.7 Å². The Labute approximate surface area is 215 Å². The maximum atomic E-state index is 14.1. The summed E-state index contributed by atoms with van der Waals surface area (Å²) in [7, 11) is 0. The summed E-state index contributed by atoms with van der Waals surface area (Å²) in [5.74, 6) is -0.433. The van der Waals surface area contributed by atoms with Crippen molar-refractivity contribution < 1.29 is 14.7 Å². The molecular formula is C29H31N5O3. The maximum Gasteiger partial charge on any atom is 0.249 e. The molecule has 2 N–H and O–H groups in total. The molecule has 4 aromatic rings. The van der Waals surface area contributed by atoms with E-state index in [1.807, 2.05) is 55.5 Å². The van der Waals surface area contributed by atoms with Gasteiger partial charge in [-0.15, -0.1) is 5.10 Å². The molecule has 0 bridgehead atoms. The highest BCUT2D eigenvalue weighted by Gasteiger charge is 2.35. The van der Waals surface area contributed by atoms with Crippen molar-refractivity contribution in [1.29, 1.82) is 0 Å². The Morgan fingerprint density at radius 2 is 1.70 bits per heavy atom. The van der Waals surface area contributed by atoms with E-state index in [-0.39, 0.29) is 30.2 Å². The van der Waals surface area contributed by atoms with Gasteiger partial charge in [-0.25, -0.2) is 4.68 Å². The van der Waals surface area contributed by atoms with Crippen molar-refractivity contribution in [2.75, 3.05) is 4.90 Å². The third-order valence-electron chi connectivity index (χ3n) is 7.02. The molecule has 1 aromatic heterocycles. The number of hydrogen-bond donors (Lipinski definition) is 2. The average Bonchev–Trinajstić information content (AvgIpc) is 3.31. The number of aromatic nitrogens is 3. The van der Waals surface area contributed by atoms with E-state index in [1.165, 1.54) is 6.42 Å². The normalized spacial score (nSPS) is 14.8. The molecule has 37 heavy (non-hydrogen) atoms. The van der Waals surface area contributed by atoms with Gasteiger partial charge in [0.2, 0.25) is 11.8 Å². The smallest absolute Gasteiger partial charge is 0.249 e. The maximum absolute atomic E-state index is 14.1. The first kappa shape index (κ1) is 24.5. The minimum atomic E-state index is -0.925. The first-order valence-electron chi connectivity index (χ1n) is 12.8. The number of para-hydroxylation sites is 2. The standard InChI is InChI=1S/C29H31N5O3/c1-20-9-5-7-13-25(20)34(27(36)19-33-26-14-8-6-12-24(26)31-32-33)28(21-15-17-23(35)18-16-21)29(37)30-22-10-3-2-4-11-22/h5-9,12-18,22,28,35H,2-4,10-11,19H2,1H3,(H,30,37)/t28-/m0/s1. The monoisotopic (exact) mass is 497 g/mol. The van der Waals surface area contributed by atoms with Crippen LogP contribution < -0.4 is 10.2 Å². The Hall–Kier alpha value is -4.20. The van der Waals surface area contributed by atoms with Gasteiger partial charge in [0.25, 0.3) is 0 Å². The number of benzene rings is 3. The van der Waals surface area contributed by atoms with E-state index in [9.17, 15) is 14.7 Å². The minimum absolute atomic E-state index is 0.0777. The second-order valence-corrected chi connectivity index (χ2v) is 9.62. The number of carbonyl (C=O) groups is 2. The zero-order chi connectivity index (χ0) is 25.8. The first-order chi connectivity index (χ1) is 18.0. The van der Waals surface area contributed by atoms with Crippen molar-refractivity contribution in [2.24, 2.45) is 0 Å². The molecular weight excluding hydrogens is 466 g/mol. The van der Waals surface area contributed by atoms with Crippen LogP contribution in [-0.2, 0) is 16.1 Å². The molecule has 1 aliphatic rings. The molecule has 0 aliphatic heterocycles. The lowest BCUT2D eigenvalue weighted by molar-refractivity contribution is -0.127. The Morgan fingerprint density at radius 3 is 2.46 bits per heavy atom. The van der Waals surface area contributed by atoms with Gasteiger partial charge >= 0.3 is 0 Å². The number of amides is 2. The van der Waals surface area contributed by atoms with Crippen molar-refractivity contribution in [1.82, 2.24) is 20.3 Å². The number of anilines is 1. The van der Waals surface area contributed by atoms with Crippen LogP contribution in [-0.4, -0.2) is 38.0 Å². The largest absolute Gasteiger partial charge is 0.508 e. The first-order valence-corrected chi connectivity index (χ1v) is 12.8. The summed E-state index contributed by atoms with van der Waals surface area (Å²) in [5, 5.41) is 21.5. The highest BCUT2D eigenvalue weighted by molar-refractivity contribution is 6.02. The average molecular weight is 498 g/mol. The van der Waals surface area contributed by atoms with Crippen LogP contribution in [0.25, 0.3) is 11.0 Å². The van der Waals surface area contributed by atoms with E-state index >= 15 is 0 Å². The van der Waals surface area contributed by atoms with Crippen molar-refractivity contribution in [3.63, 3.8) is 0 Å². The summed E-state index contributed by atoms with van der Waals surface area (Å²) in [6.45, 7) is 1.84. The van der Waals surface area contributed by atoms with E-state index in [1.54, 1.807) is 33.8 Å². The molecule has 0 unspecified atom stereocenters. The summed E-state index contributed by atoms with van der Waals surface area (Å²) in [6, 6.07) is 20.7. The lowest BCUT2D eigenvalue weighted by Crippen LogP contribution is -2.48. The molecule has 0 spiro atoms. The quantitative estimate of drug-likeness (QED) is 0.387. The molecule has 1 aliphatic carbocycles. The van der Waals surface area contributed by atoms with E-state index in [0.717, 1.165) is 36.8 Å². The molecule has 8 heteroatoms. The summed E-state index contributed by atoms with van der Waals surface area (Å²) in [6.07, 6.45) is 5.19. The number of phenolic OH excluding ortho intramolecular Hbond substituents is 1. The van der Waals surface area contributed by atoms with Crippen LogP contribution in [0.4, 0.5) is 5.69 Å². The topological polar surface area (TPSA) is 100 Å². The van der Waals surface area contributed by atoms with Gasteiger partial charge in [0.05, 0.1) is 5.52 Å². The third-order valence-corrected chi connectivity index (χ3v) is 7.02. The van der Waals surface area contributed by atoms with Crippen molar-refractivity contribution in [3.8, 4) is 5.75 Å². The van der Waals surface area contributed by atoms with Gasteiger partial charge in [0.1, 0.15) is 23.9 Å². The summed E-state index contributed by atoms with van der Waals surface area (Å²) in [5.41, 5.74) is 3.57. The number of carbonyl (C=O) groups excluding carboxylic acids is 2. The summed E-state index contributed by atoms with van der Waals surface area (Å²) < 4.78 is 1.57. The van der Waals surface area contributed by atoms with Gasteiger partial charge in [-0.1, -0.05) is 66.9 Å². The Kier molecular flexibility index (Phi) is 7.16. The number of aryl methyl sites for hydroxylation is 1. The van der Waals surface area contributed by atoms with Gasteiger partial charge in [-0.05, 0) is 61.2 Å². The van der Waals surface area contributed by atoms with Gasteiger partial charge in [-0.3, -0.25) is 14.5 Å². The molecule has 2 amide bonds. The van der Waals surface area contributed by atoms with E-state index < -0.39 is 6.04 Å². The number of aromatic hydroxyl groups is 1. The number of phenols is 1. The van der Waals surface area contributed by atoms with E-state index in [2.05, 4.69) is 15.6 Å². The van der Waals surface area contributed by atoms with Crippen molar-refractivity contribution in [3.05, 3.63) is 83.9 Å². The van der Waals surface area contributed by atoms with Crippen LogP contribution >= 0.6 is 0 Å². The van der Waals surface area contributed by atoms with Crippen LogP contribution in [0.3, 0.4) is 0 Å². The third kappa shape index (κ3) is 5.33. The van der Waals surface area contributed by atoms with Crippen molar-refractivity contribution >= 4 is 28.5 Å². The minimum Gasteiger partial charge on any atom is -0.508 e. The molecule has 5 rings (SSSR count). The fraction of sp³-hybridized carbons (Fsp3) is 0.310. The molecule has 190 valence electrons. The van der Waals surface area contributed by atoms with E-state index in [0.29, 0.717) is 16.8 Å². The highest BCUT2D eigenvalue weighted by Crippen LogP contribution is 2.32. The number of hydrogen-bond acceptors (Lipinski definition) is 5. The molecule has 0 radical (unpaired) electrons.